The molecule has 4 nitrogen and oxygen atoms in total. The van der Waals surface area contributed by atoms with E-state index < -0.39 is 5.41 Å². The average Bonchev–Trinajstić information content (AvgIpc) is 3.23. The molecule has 1 spiro atoms. The SMILES string of the molecule is O=C(C1CC=CC1)N1CC[C@]2(C1)C(=O)Nc1cc(Cl)c(Cl)cc12. The molecule has 2 heterocycles. The summed E-state index contributed by atoms with van der Waals surface area (Å²) >= 11 is 12.2. The summed E-state index contributed by atoms with van der Waals surface area (Å²) in [5.74, 6) is 0.113. The molecule has 1 aromatic carbocycles. The van der Waals surface area contributed by atoms with Crippen molar-refractivity contribution < 1.29 is 9.59 Å². The van der Waals surface area contributed by atoms with E-state index in [0.717, 1.165) is 18.4 Å². The van der Waals surface area contributed by atoms with Gasteiger partial charge in [-0.3, -0.25) is 9.59 Å². The third-order valence-corrected chi connectivity index (χ3v) is 5.92. The van der Waals surface area contributed by atoms with E-state index in [0.29, 0.717) is 35.2 Å². The molecule has 3 aliphatic rings. The van der Waals surface area contributed by atoms with Crippen LogP contribution in [0.2, 0.25) is 10.0 Å². The number of nitrogens with one attached hydrogen (secondary N) is 1. The molecule has 1 N–H and O–H groups in total. The van der Waals surface area contributed by atoms with Crippen molar-refractivity contribution in [2.75, 3.05) is 18.4 Å². The first-order valence-electron chi connectivity index (χ1n) is 7.76. The van der Waals surface area contributed by atoms with Crippen molar-refractivity contribution in [1.29, 1.82) is 0 Å². The molecular formula is C17H16Cl2N2O2. The van der Waals surface area contributed by atoms with Crippen LogP contribution < -0.4 is 5.32 Å². The molecule has 1 saturated heterocycles. The Hall–Kier alpha value is -1.52. The maximum absolute atomic E-state index is 12.6. The van der Waals surface area contributed by atoms with Crippen LogP contribution in [0, 0.1) is 5.92 Å². The van der Waals surface area contributed by atoms with Gasteiger partial charge in [0.05, 0.1) is 15.5 Å². The summed E-state index contributed by atoms with van der Waals surface area (Å²) in [4.78, 5) is 27.1. The smallest absolute Gasteiger partial charge is 0.237 e. The van der Waals surface area contributed by atoms with Crippen LogP contribution in [0.15, 0.2) is 24.3 Å². The summed E-state index contributed by atoms with van der Waals surface area (Å²) in [6.07, 6.45) is 6.32. The van der Waals surface area contributed by atoms with E-state index in [9.17, 15) is 9.59 Å². The number of halogens is 2. The molecule has 23 heavy (non-hydrogen) atoms. The van der Waals surface area contributed by atoms with Gasteiger partial charge in [-0.15, -0.1) is 0 Å². The summed E-state index contributed by atoms with van der Waals surface area (Å²) in [6.45, 7) is 1.02. The van der Waals surface area contributed by atoms with Gasteiger partial charge in [0.1, 0.15) is 0 Å². The van der Waals surface area contributed by atoms with E-state index in [-0.39, 0.29) is 17.7 Å². The first-order valence-corrected chi connectivity index (χ1v) is 8.52. The van der Waals surface area contributed by atoms with Crippen molar-refractivity contribution in [1.82, 2.24) is 4.90 Å². The molecule has 0 saturated carbocycles. The van der Waals surface area contributed by atoms with Crippen molar-refractivity contribution in [3.8, 4) is 0 Å². The maximum Gasteiger partial charge on any atom is 0.237 e. The first kappa shape index (κ1) is 15.0. The lowest BCUT2D eigenvalue weighted by Gasteiger charge is -2.24. The monoisotopic (exact) mass is 350 g/mol. The van der Waals surface area contributed by atoms with Crippen LogP contribution >= 0.6 is 23.2 Å². The second-order valence-corrected chi connectivity index (χ2v) is 7.31. The number of benzene rings is 1. The number of fused-ring (bicyclic) bond motifs is 2. The van der Waals surface area contributed by atoms with Gasteiger partial charge in [0.15, 0.2) is 0 Å². The van der Waals surface area contributed by atoms with E-state index in [1.54, 1.807) is 12.1 Å². The Kier molecular flexibility index (Phi) is 3.43. The number of nitrogens with zero attached hydrogens (tertiary/aromatic N) is 1. The minimum Gasteiger partial charge on any atom is -0.341 e. The Balaban J connectivity index is 1.64. The predicted molar refractivity (Wildman–Crippen MR) is 89.8 cm³/mol. The zero-order chi connectivity index (χ0) is 16.2. The molecular weight excluding hydrogens is 335 g/mol. The summed E-state index contributed by atoms with van der Waals surface area (Å²) in [7, 11) is 0. The molecule has 0 radical (unpaired) electrons. The number of likely N-dealkylation sites (tertiary alicyclic amines) is 1. The van der Waals surface area contributed by atoms with Crippen LogP contribution in [0.4, 0.5) is 5.69 Å². The lowest BCUT2D eigenvalue weighted by Crippen LogP contribution is -2.40. The van der Waals surface area contributed by atoms with Crippen molar-refractivity contribution in [3.05, 3.63) is 39.9 Å². The second-order valence-electron chi connectivity index (χ2n) is 6.50. The fourth-order valence-corrected chi connectivity index (χ4v) is 4.22. The third kappa shape index (κ3) is 2.19. The highest BCUT2D eigenvalue weighted by atomic mass is 35.5. The Labute approximate surface area is 144 Å². The van der Waals surface area contributed by atoms with Gasteiger partial charge in [-0.05, 0) is 37.0 Å². The molecule has 2 aliphatic heterocycles. The van der Waals surface area contributed by atoms with Crippen LogP contribution in [0.1, 0.15) is 24.8 Å². The maximum atomic E-state index is 12.6. The largest absolute Gasteiger partial charge is 0.341 e. The van der Waals surface area contributed by atoms with Crippen LogP contribution in [-0.2, 0) is 15.0 Å². The minimum atomic E-state index is -0.689. The number of hydrogen-bond donors (Lipinski definition) is 1. The lowest BCUT2D eigenvalue weighted by atomic mass is 9.81. The number of anilines is 1. The number of allylic oxidation sites excluding steroid dienone is 2. The number of carbonyl (C=O) groups excluding carboxylic acids is 2. The van der Waals surface area contributed by atoms with Crippen molar-refractivity contribution in [3.63, 3.8) is 0 Å². The summed E-state index contributed by atoms with van der Waals surface area (Å²) < 4.78 is 0. The van der Waals surface area contributed by atoms with Gasteiger partial charge in [-0.1, -0.05) is 35.4 Å². The normalized spacial score (nSPS) is 26.2. The molecule has 6 heteroatoms. The van der Waals surface area contributed by atoms with Gasteiger partial charge in [0, 0.05) is 24.7 Å². The fraction of sp³-hybridized carbons (Fsp3) is 0.412. The van der Waals surface area contributed by atoms with Gasteiger partial charge in [-0.2, -0.15) is 0 Å². The van der Waals surface area contributed by atoms with Gasteiger partial charge in [0.2, 0.25) is 11.8 Å². The molecule has 4 rings (SSSR count). The van der Waals surface area contributed by atoms with Gasteiger partial charge in [-0.25, -0.2) is 0 Å². The van der Waals surface area contributed by atoms with Gasteiger partial charge in [0.25, 0.3) is 0 Å². The predicted octanol–water partition coefficient (Wildman–Crippen LogP) is 3.38. The van der Waals surface area contributed by atoms with Crippen LogP contribution in [0.25, 0.3) is 0 Å². The van der Waals surface area contributed by atoms with E-state index in [1.165, 1.54) is 0 Å². The fourth-order valence-electron chi connectivity index (χ4n) is 3.89. The molecule has 0 bridgehead atoms. The van der Waals surface area contributed by atoms with Crippen LogP contribution in [0.3, 0.4) is 0 Å². The number of carbonyl (C=O) groups is 2. The summed E-state index contributed by atoms with van der Waals surface area (Å²) in [6, 6.07) is 3.46. The zero-order valence-corrected chi connectivity index (χ0v) is 14.0. The second kappa shape index (κ2) is 5.25. The van der Waals surface area contributed by atoms with Gasteiger partial charge >= 0.3 is 0 Å². The van der Waals surface area contributed by atoms with E-state index in [1.807, 2.05) is 17.1 Å². The molecule has 2 amide bonds. The number of hydrogen-bond acceptors (Lipinski definition) is 2. The zero-order valence-electron chi connectivity index (χ0n) is 12.4. The highest BCUT2D eigenvalue weighted by molar-refractivity contribution is 6.42. The number of rotatable bonds is 1. The van der Waals surface area contributed by atoms with Crippen molar-refractivity contribution in [2.45, 2.75) is 24.7 Å². The van der Waals surface area contributed by atoms with Crippen molar-refractivity contribution in [2.24, 2.45) is 5.92 Å². The minimum absolute atomic E-state index is 0.0305. The Morgan fingerprint density at radius 2 is 1.91 bits per heavy atom. The molecule has 1 atom stereocenters. The Morgan fingerprint density at radius 1 is 1.22 bits per heavy atom. The Morgan fingerprint density at radius 3 is 2.65 bits per heavy atom. The van der Waals surface area contributed by atoms with E-state index >= 15 is 0 Å². The quantitative estimate of drug-likeness (QED) is 0.789. The first-order chi connectivity index (χ1) is 11.0. The molecule has 1 aliphatic carbocycles. The highest BCUT2D eigenvalue weighted by Crippen LogP contribution is 2.47. The highest BCUT2D eigenvalue weighted by Gasteiger charge is 2.52. The number of amides is 2. The summed E-state index contributed by atoms with van der Waals surface area (Å²) in [5.41, 5.74) is 0.878. The third-order valence-electron chi connectivity index (χ3n) is 5.20. The Bertz CT molecular complexity index is 738. The van der Waals surface area contributed by atoms with Crippen molar-refractivity contribution >= 4 is 40.7 Å². The topological polar surface area (TPSA) is 49.4 Å². The molecule has 0 unspecified atom stereocenters. The lowest BCUT2D eigenvalue weighted by molar-refractivity contribution is -0.134. The summed E-state index contributed by atoms with van der Waals surface area (Å²) in [5, 5.41) is 3.75. The molecule has 0 aromatic heterocycles. The van der Waals surface area contributed by atoms with Gasteiger partial charge < -0.3 is 10.2 Å². The average molecular weight is 351 g/mol. The van der Waals surface area contributed by atoms with E-state index in [2.05, 4.69) is 5.32 Å². The van der Waals surface area contributed by atoms with Crippen LogP contribution in [-0.4, -0.2) is 29.8 Å². The molecule has 1 fully saturated rings. The standard InChI is InChI=1S/C17H16Cl2N2O2/c18-12-7-11-14(8-13(12)19)20-16(23)17(11)5-6-21(9-17)15(22)10-3-1-2-4-10/h1-2,7-8,10H,3-6,9H2,(H,20,23)/t17-/m1/s1. The van der Waals surface area contributed by atoms with E-state index in [4.69, 9.17) is 23.2 Å². The molecule has 1 aromatic rings. The molecule has 120 valence electrons. The van der Waals surface area contributed by atoms with Crippen LogP contribution in [0.5, 0.6) is 0 Å².